The van der Waals surface area contributed by atoms with Gasteiger partial charge in [-0.25, -0.2) is 0 Å². The van der Waals surface area contributed by atoms with Crippen LogP contribution in [0, 0.1) is 0 Å². The number of amides is 2. The molecule has 6 nitrogen and oxygen atoms in total. The van der Waals surface area contributed by atoms with E-state index in [1.165, 1.54) is 25.9 Å². The quantitative estimate of drug-likeness (QED) is 0.821. The molecule has 0 unspecified atom stereocenters. The minimum absolute atomic E-state index is 0.0429. The number of benzene rings is 2. The summed E-state index contributed by atoms with van der Waals surface area (Å²) in [5.74, 6) is -0.0356. The Kier molecular flexibility index (Phi) is 5.89. The Hall–Kier alpha value is -3.15. The second kappa shape index (κ2) is 8.10. The third-order valence-corrected chi connectivity index (χ3v) is 3.62. The number of rotatable bonds is 6. The first-order valence-electron chi connectivity index (χ1n) is 7.73. The molecule has 0 fully saturated rings. The molecule has 0 saturated carbocycles. The Morgan fingerprint density at radius 2 is 1.72 bits per heavy atom. The number of ether oxygens (including phenoxy) is 1. The Balaban J connectivity index is 2.09. The molecular formula is C19H20N2O4. The molecule has 0 aliphatic carbocycles. The van der Waals surface area contributed by atoms with Crippen LogP contribution in [0.25, 0.3) is 0 Å². The van der Waals surface area contributed by atoms with Crippen molar-refractivity contribution in [1.82, 2.24) is 0 Å². The smallest absolute Gasteiger partial charge is 0.244 e. The summed E-state index contributed by atoms with van der Waals surface area (Å²) in [5.41, 5.74) is 1.71. The third-order valence-electron chi connectivity index (χ3n) is 3.62. The number of nitrogens with one attached hydrogen (secondary N) is 1. The number of hydrogen-bond acceptors (Lipinski definition) is 4. The highest BCUT2D eigenvalue weighted by atomic mass is 16.5. The molecule has 25 heavy (non-hydrogen) atoms. The Morgan fingerprint density at radius 1 is 1.04 bits per heavy atom. The number of nitrogens with zero attached hydrogens (tertiary/aromatic N) is 1. The van der Waals surface area contributed by atoms with Gasteiger partial charge >= 0.3 is 0 Å². The molecule has 0 aliphatic heterocycles. The maximum absolute atomic E-state index is 12.3. The van der Waals surface area contributed by atoms with E-state index in [0.29, 0.717) is 22.7 Å². The fraction of sp³-hybridized carbons (Fsp3) is 0.211. The van der Waals surface area contributed by atoms with Crippen LogP contribution in [0.1, 0.15) is 24.2 Å². The van der Waals surface area contributed by atoms with Crippen molar-refractivity contribution in [2.24, 2.45) is 0 Å². The molecule has 0 spiro atoms. The van der Waals surface area contributed by atoms with Crippen LogP contribution < -0.4 is 15.0 Å². The predicted octanol–water partition coefficient (Wildman–Crippen LogP) is 2.89. The molecule has 2 amide bonds. The van der Waals surface area contributed by atoms with Gasteiger partial charge in [0.1, 0.15) is 12.3 Å². The molecule has 2 rings (SSSR count). The number of ketones is 1. The molecule has 0 aromatic heterocycles. The fourth-order valence-corrected chi connectivity index (χ4v) is 2.30. The number of anilines is 2. The van der Waals surface area contributed by atoms with Crippen molar-refractivity contribution < 1.29 is 19.1 Å². The van der Waals surface area contributed by atoms with Crippen LogP contribution in [0.2, 0.25) is 0 Å². The summed E-state index contributed by atoms with van der Waals surface area (Å²) in [6.07, 6.45) is 0. The van der Waals surface area contributed by atoms with Crippen LogP contribution >= 0.6 is 0 Å². The van der Waals surface area contributed by atoms with Crippen molar-refractivity contribution in [3.63, 3.8) is 0 Å². The van der Waals surface area contributed by atoms with Crippen molar-refractivity contribution in [1.29, 1.82) is 0 Å². The first kappa shape index (κ1) is 18.2. The van der Waals surface area contributed by atoms with Gasteiger partial charge in [-0.1, -0.05) is 6.07 Å². The van der Waals surface area contributed by atoms with Gasteiger partial charge < -0.3 is 15.0 Å². The lowest BCUT2D eigenvalue weighted by atomic mass is 10.1. The first-order chi connectivity index (χ1) is 11.9. The van der Waals surface area contributed by atoms with Gasteiger partial charge in [-0.2, -0.15) is 0 Å². The molecule has 0 saturated heterocycles. The van der Waals surface area contributed by atoms with Gasteiger partial charge in [-0.3, -0.25) is 14.4 Å². The van der Waals surface area contributed by atoms with Crippen LogP contribution in [0.3, 0.4) is 0 Å². The highest BCUT2D eigenvalue weighted by Gasteiger charge is 2.16. The summed E-state index contributed by atoms with van der Waals surface area (Å²) in [4.78, 5) is 36.8. The summed E-state index contributed by atoms with van der Waals surface area (Å²) in [5, 5.41) is 2.72. The lowest BCUT2D eigenvalue weighted by molar-refractivity contribution is -0.120. The lowest BCUT2D eigenvalue weighted by Gasteiger charge is -2.21. The van der Waals surface area contributed by atoms with Gasteiger partial charge in [-0.15, -0.1) is 0 Å². The number of carbonyl (C=O) groups excluding carboxylic acids is 3. The Morgan fingerprint density at radius 3 is 2.28 bits per heavy atom. The molecule has 6 heteroatoms. The van der Waals surface area contributed by atoms with Crippen LogP contribution in [-0.2, 0) is 9.59 Å². The summed E-state index contributed by atoms with van der Waals surface area (Å²) >= 11 is 0. The van der Waals surface area contributed by atoms with E-state index >= 15 is 0 Å². The summed E-state index contributed by atoms with van der Waals surface area (Å²) < 4.78 is 5.15. The van der Waals surface area contributed by atoms with Crippen LogP contribution in [-0.4, -0.2) is 31.3 Å². The van der Waals surface area contributed by atoms with E-state index in [1.807, 2.05) is 0 Å². The second-order valence-electron chi connectivity index (χ2n) is 5.49. The molecule has 0 bridgehead atoms. The van der Waals surface area contributed by atoms with E-state index in [4.69, 9.17) is 4.74 Å². The maximum Gasteiger partial charge on any atom is 0.244 e. The fourth-order valence-electron chi connectivity index (χ4n) is 2.30. The number of Topliss-reactive ketones (excluding diaryl/α,β-unsaturated/α-hetero) is 1. The Labute approximate surface area is 146 Å². The molecule has 2 aromatic rings. The van der Waals surface area contributed by atoms with Gasteiger partial charge in [0.2, 0.25) is 11.8 Å². The van der Waals surface area contributed by atoms with Gasteiger partial charge in [0.25, 0.3) is 0 Å². The second-order valence-corrected chi connectivity index (χ2v) is 5.49. The molecular weight excluding hydrogens is 320 g/mol. The van der Waals surface area contributed by atoms with E-state index in [0.717, 1.165) is 0 Å². The average molecular weight is 340 g/mol. The third kappa shape index (κ3) is 4.91. The van der Waals surface area contributed by atoms with Crippen molar-refractivity contribution >= 4 is 29.0 Å². The zero-order valence-corrected chi connectivity index (χ0v) is 14.4. The van der Waals surface area contributed by atoms with Crippen LogP contribution in [0.15, 0.2) is 48.5 Å². The Bertz CT molecular complexity index is 784. The molecule has 0 heterocycles. The number of hydrogen-bond donors (Lipinski definition) is 1. The van der Waals surface area contributed by atoms with Gasteiger partial charge in [-0.05, 0) is 43.3 Å². The predicted molar refractivity (Wildman–Crippen MR) is 96.1 cm³/mol. The standard InChI is InChI=1S/C19H20N2O4/c1-13(22)15-7-9-16(10-8-15)20-19(24)12-21(14(2)23)17-5-4-6-18(11-17)25-3/h4-11H,12H2,1-3H3,(H,20,24). The van der Waals surface area contributed by atoms with Crippen LogP contribution in [0.5, 0.6) is 5.75 Å². The minimum Gasteiger partial charge on any atom is -0.497 e. The van der Waals surface area contributed by atoms with Crippen molar-refractivity contribution in [3.8, 4) is 5.75 Å². The highest BCUT2D eigenvalue weighted by molar-refractivity contribution is 6.02. The van der Waals surface area contributed by atoms with E-state index in [-0.39, 0.29) is 24.1 Å². The van der Waals surface area contributed by atoms with E-state index < -0.39 is 0 Å². The topological polar surface area (TPSA) is 75.7 Å². The van der Waals surface area contributed by atoms with Crippen molar-refractivity contribution in [2.75, 3.05) is 23.9 Å². The summed E-state index contributed by atoms with van der Waals surface area (Å²) in [7, 11) is 1.54. The van der Waals surface area contributed by atoms with E-state index in [9.17, 15) is 14.4 Å². The molecule has 130 valence electrons. The maximum atomic E-state index is 12.3. The lowest BCUT2D eigenvalue weighted by Crippen LogP contribution is -2.36. The SMILES string of the molecule is COc1cccc(N(CC(=O)Nc2ccc(C(C)=O)cc2)C(C)=O)c1. The molecule has 0 radical (unpaired) electrons. The van der Waals surface area contributed by atoms with Gasteiger partial charge in [0, 0.05) is 29.9 Å². The minimum atomic E-state index is -0.339. The van der Waals surface area contributed by atoms with E-state index in [1.54, 1.807) is 48.5 Å². The normalized spacial score (nSPS) is 10.0. The summed E-state index contributed by atoms with van der Waals surface area (Å²) in [6, 6.07) is 13.5. The molecule has 2 aromatic carbocycles. The molecule has 0 atom stereocenters. The molecule has 1 N–H and O–H groups in total. The van der Waals surface area contributed by atoms with Crippen LogP contribution in [0.4, 0.5) is 11.4 Å². The van der Waals surface area contributed by atoms with Crippen molar-refractivity contribution in [2.45, 2.75) is 13.8 Å². The molecule has 0 aliphatic rings. The van der Waals surface area contributed by atoms with Gasteiger partial charge in [0.05, 0.1) is 7.11 Å². The highest BCUT2D eigenvalue weighted by Crippen LogP contribution is 2.21. The summed E-state index contributed by atoms with van der Waals surface area (Å²) in [6.45, 7) is 2.75. The van der Waals surface area contributed by atoms with Gasteiger partial charge in [0.15, 0.2) is 5.78 Å². The average Bonchev–Trinajstić information content (AvgIpc) is 2.60. The van der Waals surface area contributed by atoms with E-state index in [2.05, 4.69) is 5.32 Å². The zero-order valence-electron chi connectivity index (χ0n) is 14.4. The largest absolute Gasteiger partial charge is 0.497 e. The first-order valence-corrected chi connectivity index (χ1v) is 7.73. The van der Waals surface area contributed by atoms with Crippen molar-refractivity contribution in [3.05, 3.63) is 54.1 Å². The number of methoxy groups -OCH3 is 1. The number of carbonyl (C=O) groups is 3. The zero-order chi connectivity index (χ0) is 18.4. The monoisotopic (exact) mass is 340 g/mol.